The minimum atomic E-state index is -0.0269. The van der Waals surface area contributed by atoms with Gasteiger partial charge < -0.3 is 19.1 Å². The fraction of sp³-hybridized carbons (Fsp3) is 0.500. The summed E-state index contributed by atoms with van der Waals surface area (Å²) in [5.74, 6) is 1.21. The number of nitrogens with zero attached hydrogens (tertiary/aromatic N) is 2. The first-order chi connectivity index (χ1) is 11.6. The molecule has 0 atom stereocenters. The number of rotatable bonds is 5. The van der Waals surface area contributed by atoms with Crippen molar-refractivity contribution >= 4 is 11.6 Å². The molecule has 5 nitrogen and oxygen atoms in total. The third kappa shape index (κ3) is 3.37. The van der Waals surface area contributed by atoms with Crippen LogP contribution in [0.15, 0.2) is 24.5 Å². The van der Waals surface area contributed by atoms with Gasteiger partial charge in [0, 0.05) is 31.1 Å². The van der Waals surface area contributed by atoms with E-state index in [9.17, 15) is 5.11 Å². The van der Waals surface area contributed by atoms with Crippen molar-refractivity contribution in [1.29, 1.82) is 0 Å². The monoisotopic (exact) mass is 350 g/mol. The van der Waals surface area contributed by atoms with Gasteiger partial charge in [-0.15, -0.1) is 0 Å². The van der Waals surface area contributed by atoms with Crippen molar-refractivity contribution in [3.05, 3.63) is 29.5 Å². The molecule has 0 amide bonds. The Bertz CT molecular complexity index is 694. The van der Waals surface area contributed by atoms with Crippen LogP contribution in [0.1, 0.15) is 38.6 Å². The van der Waals surface area contributed by atoms with Crippen molar-refractivity contribution in [2.45, 2.75) is 44.8 Å². The fourth-order valence-electron chi connectivity index (χ4n) is 3.36. The highest BCUT2D eigenvalue weighted by Crippen LogP contribution is 2.39. The van der Waals surface area contributed by atoms with Crippen LogP contribution in [0.3, 0.4) is 0 Å². The molecule has 0 aliphatic heterocycles. The molecule has 24 heavy (non-hydrogen) atoms. The zero-order chi connectivity index (χ0) is 17.1. The number of halogens is 1. The number of phenols is 1. The Hall–Kier alpha value is -1.72. The summed E-state index contributed by atoms with van der Waals surface area (Å²) in [4.78, 5) is 4.51. The molecule has 1 N–H and O–H groups in total. The van der Waals surface area contributed by atoms with E-state index < -0.39 is 0 Å². The Morgan fingerprint density at radius 2 is 2.04 bits per heavy atom. The Balaban J connectivity index is 1.90. The molecule has 1 aliphatic carbocycles. The number of aromatic hydroxyl groups is 1. The van der Waals surface area contributed by atoms with Crippen molar-refractivity contribution in [3.8, 4) is 22.9 Å². The quantitative estimate of drug-likeness (QED) is 0.866. The normalized spacial score (nSPS) is 21.0. The van der Waals surface area contributed by atoms with Crippen LogP contribution < -0.4 is 4.74 Å². The highest BCUT2D eigenvalue weighted by atomic mass is 35.5. The second-order valence-corrected chi connectivity index (χ2v) is 6.47. The number of hydrogen-bond donors (Lipinski definition) is 1. The van der Waals surface area contributed by atoms with E-state index in [-0.39, 0.29) is 10.8 Å². The number of aromatic nitrogens is 2. The van der Waals surface area contributed by atoms with Gasteiger partial charge in [0.1, 0.15) is 5.82 Å². The smallest absolute Gasteiger partial charge is 0.176 e. The van der Waals surface area contributed by atoms with Gasteiger partial charge in [0.05, 0.1) is 17.7 Å². The van der Waals surface area contributed by atoms with Crippen molar-refractivity contribution < 1.29 is 14.6 Å². The SMILES string of the molecule is CCOc1cc(-c2nccn2C2CCC(OC)CC2)cc(Cl)c1O. The molecule has 1 heterocycles. The molecule has 0 unspecified atom stereocenters. The first-order valence-electron chi connectivity index (χ1n) is 8.35. The van der Waals surface area contributed by atoms with E-state index in [1.54, 1.807) is 25.4 Å². The summed E-state index contributed by atoms with van der Waals surface area (Å²) in [6, 6.07) is 3.93. The lowest BCUT2D eigenvalue weighted by Gasteiger charge is -2.29. The van der Waals surface area contributed by atoms with Crippen LogP contribution in [-0.2, 0) is 4.74 Å². The molecule has 0 bridgehead atoms. The molecule has 1 aliphatic rings. The van der Waals surface area contributed by atoms with Gasteiger partial charge in [0.15, 0.2) is 11.5 Å². The number of ether oxygens (including phenoxy) is 2. The van der Waals surface area contributed by atoms with Crippen LogP contribution in [-0.4, -0.2) is 34.5 Å². The minimum Gasteiger partial charge on any atom is -0.503 e. The molecular weight excluding hydrogens is 328 g/mol. The predicted octanol–water partition coefficient (Wildman–Crippen LogP) is 4.44. The van der Waals surface area contributed by atoms with Crippen molar-refractivity contribution in [1.82, 2.24) is 9.55 Å². The highest BCUT2D eigenvalue weighted by Gasteiger charge is 2.24. The second-order valence-electron chi connectivity index (χ2n) is 6.06. The summed E-state index contributed by atoms with van der Waals surface area (Å²) in [6.45, 7) is 2.33. The van der Waals surface area contributed by atoms with Gasteiger partial charge in [-0.1, -0.05) is 11.6 Å². The fourth-order valence-corrected chi connectivity index (χ4v) is 3.57. The molecule has 0 spiro atoms. The average molecular weight is 351 g/mol. The number of phenolic OH excluding ortho intramolecular Hbond substituents is 1. The highest BCUT2D eigenvalue weighted by molar-refractivity contribution is 6.32. The maximum Gasteiger partial charge on any atom is 0.176 e. The van der Waals surface area contributed by atoms with Crippen LogP contribution >= 0.6 is 11.6 Å². The maximum atomic E-state index is 10.0. The Labute approximate surface area is 147 Å². The number of methoxy groups -OCH3 is 1. The molecule has 0 saturated heterocycles. The Morgan fingerprint density at radius 3 is 2.71 bits per heavy atom. The summed E-state index contributed by atoms with van der Waals surface area (Å²) in [6.07, 6.45) is 8.41. The summed E-state index contributed by atoms with van der Waals surface area (Å²) < 4.78 is 13.1. The zero-order valence-corrected chi connectivity index (χ0v) is 14.8. The second kappa shape index (κ2) is 7.45. The van der Waals surface area contributed by atoms with Gasteiger partial charge in [-0.3, -0.25) is 0 Å². The molecule has 1 aromatic carbocycles. The van der Waals surface area contributed by atoms with Gasteiger partial charge in [-0.25, -0.2) is 4.98 Å². The van der Waals surface area contributed by atoms with Crippen molar-refractivity contribution in [2.24, 2.45) is 0 Å². The molecule has 1 fully saturated rings. The summed E-state index contributed by atoms with van der Waals surface area (Å²) in [5, 5.41) is 10.3. The lowest BCUT2D eigenvalue weighted by molar-refractivity contribution is 0.0586. The molecule has 130 valence electrons. The number of benzene rings is 1. The van der Waals surface area contributed by atoms with E-state index in [4.69, 9.17) is 21.1 Å². The largest absolute Gasteiger partial charge is 0.503 e. The van der Waals surface area contributed by atoms with E-state index in [2.05, 4.69) is 9.55 Å². The Kier molecular flexibility index (Phi) is 5.31. The van der Waals surface area contributed by atoms with E-state index in [1.165, 1.54) is 0 Å². The van der Waals surface area contributed by atoms with Gasteiger partial charge in [0.2, 0.25) is 0 Å². The topological polar surface area (TPSA) is 56.5 Å². The number of imidazole rings is 1. The van der Waals surface area contributed by atoms with E-state index >= 15 is 0 Å². The van der Waals surface area contributed by atoms with Crippen LogP contribution in [0.5, 0.6) is 11.5 Å². The number of hydrogen-bond acceptors (Lipinski definition) is 4. The zero-order valence-electron chi connectivity index (χ0n) is 14.0. The van der Waals surface area contributed by atoms with E-state index in [0.29, 0.717) is 24.5 Å². The first-order valence-corrected chi connectivity index (χ1v) is 8.73. The molecule has 0 radical (unpaired) electrons. The van der Waals surface area contributed by atoms with Crippen molar-refractivity contribution in [2.75, 3.05) is 13.7 Å². The van der Waals surface area contributed by atoms with Gasteiger partial charge in [-0.05, 0) is 44.7 Å². The third-order valence-electron chi connectivity index (χ3n) is 4.63. The predicted molar refractivity (Wildman–Crippen MR) is 93.8 cm³/mol. The Morgan fingerprint density at radius 1 is 1.29 bits per heavy atom. The molecule has 1 aromatic heterocycles. The average Bonchev–Trinajstić information content (AvgIpc) is 3.08. The first kappa shape index (κ1) is 17.1. The molecule has 3 rings (SSSR count). The molecule has 1 saturated carbocycles. The molecule has 6 heteroatoms. The van der Waals surface area contributed by atoms with E-state index in [0.717, 1.165) is 37.1 Å². The molecule has 2 aromatic rings. The third-order valence-corrected chi connectivity index (χ3v) is 4.91. The van der Waals surface area contributed by atoms with Gasteiger partial charge in [-0.2, -0.15) is 0 Å². The van der Waals surface area contributed by atoms with Crippen LogP contribution in [0.4, 0.5) is 0 Å². The summed E-state index contributed by atoms with van der Waals surface area (Å²) >= 11 is 6.16. The van der Waals surface area contributed by atoms with E-state index in [1.807, 2.05) is 13.1 Å². The summed E-state index contributed by atoms with van der Waals surface area (Å²) in [5.41, 5.74) is 0.847. The van der Waals surface area contributed by atoms with Crippen LogP contribution in [0.25, 0.3) is 11.4 Å². The standard InChI is InChI=1S/C18H23ClN2O3/c1-3-24-16-11-12(10-15(19)17(16)22)18-20-8-9-21(18)13-4-6-14(23-2)7-5-13/h8-11,13-14,22H,3-7H2,1-2H3. The van der Waals surface area contributed by atoms with Crippen molar-refractivity contribution in [3.63, 3.8) is 0 Å². The minimum absolute atomic E-state index is 0.0269. The lowest BCUT2D eigenvalue weighted by Crippen LogP contribution is -2.22. The van der Waals surface area contributed by atoms with Gasteiger partial charge >= 0.3 is 0 Å². The van der Waals surface area contributed by atoms with Crippen LogP contribution in [0, 0.1) is 0 Å². The van der Waals surface area contributed by atoms with Gasteiger partial charge in [0.25, 0.3) is 0 Å². The lowest BCUT2D eigenvalue weighted by atomic mass is 9.92. The maximum absolute atomic E-state index is 10.0. The molecular formula is C18H23ClN2O3. The summed E-state index contributed by atoms with van der Waals surface area (Å²) in [7, 11) is 1.78. The van der Waals surface area contributed by atoms with Crippen LogP contribution in [0.2, 0.25) is 5.02 Å².